The molecule has 0 spiro atoms. The molecule has 1 aromatic carbocycles. The number of carbonyl (C=O) groups is 1. The van der Waals surface area contributed by atoms with E-state index in [-0.39, 0.29) is 16.7 Å². The van der Waals surface area contributed by atoms with Gasteiger partial charge in [-0.3, -0.25) is 4.79 Å². The standard InChI is InChI=1S/C13H15F3N2O2S/c14-13(15,16)21(20)11-5-3-10(4-6-11)18-7-1-2-9(8-18)12(17)19/h3-6,9H,1-2,7-8H2,(H2,17,19). The maximum atomic E-state index is 12.4. The summed E-state index contributed by atoms with van der Waals surface area (Å²) in [7, 11) is -3.02. The number of primary amides is 1. The number of piperidine rings is 1. The molecule has 116 valence electrons. The molecule has 2 N–H and O–H groups in total. The quantitative estimate of drug-likeness (QED) is 0.927. The van der Waals surface area contributed by atoms with Crippen LogP contribution in [0, 0.1) is 5.92 Å². The Morgan fingerprint density at radius 2 is 1.90 bits per heavy atom. The Bertz CT molecular complexity index is 545. The van der Waals surface area contributed by atoms with Gasteiger partial charge in [0.05, 0.1) is 5.92 Å². The Morgan fingerprint density at radius 1 is 1.29 bits per heavy atom. The van der Waals surface area contributed by atoms with Crippen LogP contribution in [0.3, 0.4) is 0 Å². The van der Waals surface area contributed by atoms with Crippen LogP contribution in [0.25, 0.3) is 0 Å². The number of anilines is 1. The van der Waals surface area contributed by atoms with E-state index in [1.165, 1.54) is 24.3 Å². The molecule has 0 aliphatic carbocycles. The molecule has 0 aromatic heterocycles. The number of hydrogen-bond donors (Lipinski definition) is 1. The Morgan fingerprint density at radius 3 is 2.43 bits per heavy atom. The highest BCUT2D eigenvalue weighted by Crippen LogP contribution is 2.29. The van der Waals surface area contributed by atoms with Gasteiger partial charge in [-0.1, -0.05) is 0 Å². The van der Waals surface area contributed by atoms with Crippen LogP contribution in [-0.4, -0.2) is 28.7 Å². The van der Waals surface area contributed by atoms with Crippen molar-refractivity contribution in [2.24, 2.45) is 11.7 Å². The van der Waals surface area contributed by atoms with Crippen molar-refractivity contribution in [2.75, 3.05) is 18.0 Å². The molecule has 1 aromatic rings. The average molecular weight is 320 g/mol. The Balaban J connectivity index is 2.12. The third-order valence-corrected chi connectivity index (χ3v) is 4.57. The maximum absolute atomic E-state index is 12.4. The van der Waals surface area contributed by atoms with Gasteiger partial charge in [0, 0.05) is 23.7 Å². The van der Waals surface area contributed by atoms with Gasteiger partial charge in [0.15, 0.2) is 10.8 Å². The minimum absolute atomic E-state index is 0.247. The second-order valence-corrected chi connectivity index (χ2v) is 6.37. The van der Waals surface area contributed by atoms with Crippen LogP contribution < -0.4 is 10.6 Å². The van der Waals surface area contributed by atoms with E-state index in [0.29, 0.717) is 18.8 Å². The van der Waals surface area contributed by atoms with Crippen LogP contribution in [0.5, 0.6) is 0 Å². The first-order valence-corrected chi connectivity index (χ1v) is 7.57. The lowest BCUT2D eigenvalue weighted by molar-refractivity contribution is -0.122. The number of benzene rings is 1. The Labute approximate surface area is 122 Å². The van der Waals surface area contributed by atoms with E-state index in [9.17, 15) is 22.2 Å². The summed E-state index contributed by atoms with van der Waals surface area (Å²) in [6.45, 7) is 1.17. The van der Waals surface area contributed by atoms with Crippen LogP contribution in [-0.2, 0) is 15.6 Å². The van der Waals surface area contributed by atoms with E-state index in [4.69, 9.17) is 5.73 Å². The molecule has 2 atom stereocenters. The predicted molar refractivity (Wildman–Crippen MR) is 73.0 cm³/mol. The SMILES string of the molecule is NC(=O)C1CCCN(c2ccc(S(=O)C(F)(F)F)cc2)C1. The fraction of sp³-hybridized carbons (Fsp3) is 0.462. The summed E-state index contributed by atoms with van der Waals surface area (Å²) in [6, 6.07) is 5.38. The van der Waals surface area contributed by atoms with Crippen molar-refractivity contribution in [1.82, 2.24) is 0 Å². The number of halogens is 3. The smallest absolute Gasteiger partial charge is 0.371 e. The van der Waals surface area contributed by atoms with Crippen molar-refractivity contribution in [1.29, 1.82) is 0 Å². The van der Waals surface area contributed by atoms with Crippen molar-refractivity contribution in [3.05, 3.63) is 24.3 Å². The number of rotatable bonds is 3. The number of amides is 1. The number of nitrogens with zero attached hydrogens (tertiary/aromatic N) is 1. The van der Waals surface area contributed by atoms with Gasteiger partial charge in [0.2, 0.25) is 5.91 Å². The molecule has 1 aliphatic rings. The largest absolute Gasteiger partial charge is 0.475 e. The van der Waals surface area contributed by atoms with Gasteiger partial charge < -0.3 is 10.6 Å². The molecule has 1 saturated heterocycles. The van der Waals surface area contributed by atoms with E-state index in [1.807, 2.05) is 4.90 Å². The highest BCUT2D eigenvalue weighted by atomic mass is 32.2. The third kappa shape index (κ3) is 3.75. The third-order valence-electron chi connectivity index (χ3n) is 3.45. The predicted octanol–water partition coefficient (Wildman–Crippen LogP) is 2.02. The van der Waals surface area contributed by atoms with Gasteiger partial charge >= 0.3 is 5.51 Å². The van der Waals surface area contributed by atoms with Crippen molar-refractivity contribution in [3.8, 4) is 0 Å². The molecule has 0 saturated carbocycles. The second-order valence-electron chi connectivity index (χ2n) is 4.90. The van der Waals surface area contributed by atoms with Gasteiger partial charge in [0.1, 0.15) is 0 Å². The molecule has 1 heterocycles. The molecule has 1 aliphatic heterocycles. The van der Waals surface area contributed by atoms with Crippen LogP contribution in [0.2, 0.25) is 0 Å². The van der Waals surface area contributed by atoms with Crippen LogP contribution in [0.15, 0.2) is 29.2 Å². The second kappa shape index (κ2) is 6.05. The Hall–Kier alpha value is -1.57. The minimum atomic E-state index is -4.76. The molecule has 2 unspecified atom stereocenters. The molecule has 1 fully saturated rings. The van der Waals surface area contributed by atoms with Gasteiger partial charge in [-0.2, -0.15) is 13.2 Å². The average Bonchev–Trinajstić information content (AvgIpc) is 2.46. The first-order chi connectivity index (χ1) is 9.79. The number of alkyl halides is 3. The molecule has 2 rings (SSSR count). The zero-order chi connectivity index (χ0) is 15.6. The van der Waals surface area contributed by atoms with Crippen molar-refractivity contribution in [2.45, 2.75) is 23.2 Å². The molecule has 8 heteroatoms. The minimum Gasteiger partial charge on any atom is -0.371 e. The monoisotopic (exact) mass is 320 g/mol. The maximum Gasteiger partial charge on any atom is 0.475 e. The van der Waals surface area contributed by atoms with E-state index in [1.54, 1.807) is 0 Å². The normalized spacial score (nSPS) is 21.1. The zero-order valence-corrected chi connectivity index (χ0v) is 11.9. The summed E-state index contributed by atoms with van der Waals surface area (Å²) in [4.78, 5) is 12.8. The molecule has 4 nitrogen and oxygen atoms in total. The van der Waals surface area contributed by atoms with Crippen LogP contribution in [0.1, 0.15) is 12.8 Å². The van der Waals surface area contributed by atoms with Gasteiger partial charge in [-0.15, -0.1) is 0 Å². The zero-order valence-electron chi connectivity index (χ0n) is 11.1. The summed E-state index contributed by atoms with van der Waals surface area (Å²) >= 11 is 0. The summed E-state index contributed by atoms with van der Waals surface area (Å²) in [5.41, 5.74) is 1.23. The molecular formula is C13H15F3N2O2S. The van der Waals surface area contributed by atoms with Crippen molar-refractivity contribution < 1.29 is 22.2 Å². The van der Waals surface area contributed by atoms with Crippen LogP contribution >= 0.6 is 0 Å². The number of carbonyl (C=O) groups excluding carboxylic acids is 1. The van der Waals surface area contributed by atoms with E-state index in [0.717, 1.165) is 12.8 Å². The van der Waals surface area contributed by atoms with Crippen molar-refractivity contribution >= 4 is 22.4 Å². The summed E-state index contributed by atoms with van der Waals surface area (Å²) in [6.07, 6.45) is 1.52. The van der Waals surface area contributed by atoms with Crippen molar-refractivity contribution in [3.63, 3.8) is 0 Å². The summed E-state index contributed by atoms with van der Waals surface area (Å²) in [5.74, 6) is -0.614. The lowest BCUT2D eigenvalue weighted by Gasteiger charge is -2.33. The van der Waals surface area contributed by atoms with E-state index in [2.05, 4.69) is 0 Å². The Kier molecular flexibility index (Phi) is 4.55. The summed E-state index contributed by atoms with van der Waals surface area (Å²) < 4.78 is 48.3. The molecule has 0 bridgehead atoms. The van der Waals surface area contributed by atoms with Gasteiger partial charge in [0.25, 0.3) is 0 Å². The van der Waals surface area contributed by atoms with Gasteiger partial charge in [-0.25, -0.2) is 4.21 Å². The van der Waals surface area contributed by atoms with E-state index < -0.39 is 16.3 Å². The molecule has 1 amide bonds. The van der Waals surface area contributed by atoms with E-state index >= 15 is 0 Å². The highest BCUT2D eigenvalue weighted by molar-refractivity contribution is 7.86. The highest BCUT2D eigenvalue weighted by Gasteiger charge is 2.38. The summed E-state index contributed by atoms with van der Waals surface area (Å²) in [5, 5.41) is 0. The molecule has 0 radical (unpaired) electrons. The first-order valence-electron chi connectivity index (χ1n) is 6.42. The lowest BCUT2D eigenvalue weighted by Crippen LogP contribution is -2.41. The fourth-order valence-corrected chi connectivity index (χ4v) is 3.01. The molecular weight excluding hydrogens is 305 g/mol. The topological polar surface area (TPSA) is 63.4 Å². The first kappa shape index (κ1) is 15.8. The fourth-order valence-electron chi connectivity index (χ4n) is 2.36. The van der Waals surface area contributed by atoms with Crippen LogP contribution in [0.4, 0.5) is 18.9 Å². The number of hydrogen-bond acceptors (Lipinski definition) is 3. The van der Waals surface area contributed by atoms with Gasteiger partial charge in [-0.05, 0) is 37.1 Å². The molecule has 21 heavy (non-hydrogen) atoms. The number of nitrogens with two attached hydrogens (primary N) is 1. The lowest BCUT2D eigenvalue weighted by atomic mass is 9.97.